The SMILES string of the molecule is Clc1nc(NCc2ccoc2)c2cn[nH]c2n1. The summed E-state index contributed by atoms with van der Waals surface area (Å²) in [4.78, 5) is 8.14. The molecular formula is C10H8ClN5O. The van der Waals surface area contributed by atoms with E-state index in [2.05, 4.69) is 25.5 Å². The summed E-state index contributed by atoms with van der Waals surface area (Å²) in [7, 11) is 0. The van der Waals surface area contributed by atoms with Gasteiger partial charge in [-0.2, -0.15) is 15.1 Å². The third kappa shape index (κ3) is 1.94. The number of H-pyrrole nitrogens is 1. The minimum absolute atomic E-state index is 0.177. The predicted molar refractivity (Wildman–Crippen MR) is 62.7 cm³/mol. The summed E-state index contributed by atoms with van der Waals surface area (Å²) < 4.78 is 4.98. The fraction of sp³-hybridized carbons (Fsp3) is 0.100. The molecule has 0 spiro atoms. The Morgan fingerprint density at radius 3 is 3.18 bits per heavy atom. The van der Waals surface area contributed by atoms with Crippen molar-refractivity contribution in [2.45, 2.75) is 6.54 Å². The summed E-state index contributed by atoms with van der Waals surface area (Å²) in [5, 5.41) is 10.8. The summed E-state index contributed by atoms with van der Waals surface area (Å²) in [5.74, 6) is 0.648. The van der Waals surface area contributed by atoms with Crippen molar-refractivity contribution >= 4 is 28.5 Å². The Balaban J connectivity index is 1.91. The average Bonchev–Trinajstić information content (AvgIpc) is 2.95. The number of halogens is 1. The van der Waals surface area contributed by atoms with Crippen LogP contribution in [0.1, 0.15) is 5.56 Å². The second-order valence-electron chi connectivity index (χ2n) is 3.46. The quantitative estimate of drug-likeness (QED) is 0.696. The molecule has 0 aliphatic rings. The van der Waals surface area contributed by atoms with Crippen molar-refractivity contribution in [3.63, 3.8) is 0 Å². The number of aromatic nitrogens is 4. The van der Waals surface area contributed by atoms with Crippen LogP contribution < -0.4 is 5.32 Å². The van der Waals surface area contributed by atoms with Crippen molar-refractivity contribution in [3.8, 4) is 0 Å². The lowest BCUT2D eigenvalue weighted by atomic mass is 10.3. The van der Waals surface area contributed by atoms with Gasteiger partial charge in [-0.1, -0.05) is 0 Å². The molecule has 3 aromatic heterocycles. The van der Waals surface area contributed by atoms with E-state index in [4.69, 9.17) is 16.0 Å². The van der Waals surface area contributed by atoms with Crippen LogP contribution in [-0.4, -0.2) is 20.2 Å². The molecule has 3 aromatic rings. The summed E-state index contributed by atoms with van der Waals surface area (Å²) in [6.07, 6.45) is 4.95. The van der Waals surface area contributed by atoms with E-state index in [1.807, 2.05) is 6.07 Å². The molecule has 0 unspecified atom stereocenters. The maximum Gasteiger partial charge on any atom is 0.226 e. The molecule has 0 saturated heterocycles. The minimum Gasteiger partial charge on any atom is -0.472 e. The largest absolute Gasteiger partial charge is 0.472 e. The summed E-state index contributed by atoms with van der Waals surface area (Å²) in [5.41, 5.74) is 1.64. The Bertz CT molecular complexity index is 633. The molecule has 3 heterocycles. The fourth-order valence-corrected chi connectivity index (χ4v) is 1.69. The fourth-order valence-electron chi connectivity index (χ4n) is 1.52. The number of aromatic amines is 1. The molecule has 0 radical (unpaired) electrons. The van der Waals surface area contributed by atoms with Gasteiger partial charge in [0, 0.05) is 12.1 Å². The van der Waals surface area contributed by atoms with E-state index in [0.717, 1.165) is 10.9 Å². The van der Waals surface area contributed by atoms with Crippen LogP contribution in [-0.2, 0) is 6.54 Å². The molecule has 0 saturated carbocycles. The number of rotatable bonds is 3. The molecule has 0 aliphatic carbocycles. The number of hydrogen-bond acceptors (Lipinski definition) is 5. The molecule has 17 heavy (non-hydrogen) atoms. The van der Waals surface area contributed by atoms with Gasteiger partial charge >= 0.3 is 0 Å². The standard InChI is InChI=1S/C10H8ClN5O/c11-10-14-8(7-4-13-16-9(7)15-10)12-3-6-1-2-17-5-6/h1-2,4-5H,3H2,(H2,12,13,14,15,16). The van der Waals surface area contributed by atoms with Gasteiger partial charge in [0.25, 0.3) is 0 Å². The average molecular weight is 250 g/mol. The molecule has 86 valence electrons. The second kappa shape index (κ2) is 4.06. The summed E-state index contributed by atoms with van der Waals surface area (Å²) in [6.45, 7) is 0.601. The van der Waals surface area contributed by atoms with Gasteiger partial charge in [-0.05, 0) is 17.7 Å². The summed E-state index contributed by atoms with van der Waals surface area (Å²) in [6, 6.07) is 1.88. The van der Waals surface area contributed by atoms with Crippen molar-refractivity contribution in [1.82, 2.24) is 20.2 Å². The third-order valence-electron chi connectivity index (χ3n) is 2.32. The molecule has 2 N–H and O–H groups in total. The zero-order valence-electron chi connectivity index (χ0n) is 8.64. The number of anilines is 1. The molecular weight excluding hydrogens is 242 g/mol. The van der Waals surface area contributed by atoms with E-state index in [-0.39, 0.29) is 5.28 Å². The lowest BCUT2D eigenvalue weighted by Gasteiger charge is -2.04. The van der Waals surface area contributed by atoms with Gasteiger partial charge < -0.3 is 9.73 Å². The number of furan rings is 1. The van der Waals surface area contributed by atoms with Crippen LogP contribution in [0.3, 0.4) is 0 Å². The lowest BCUT2D eigenvalue weighted by Crippen LogP contribution is -2.01. The highest BCUT2D eigenvalue weighted by Crippen LogP contribution is 2.20. The number of nitrogens with one attached hydrogen (secondary N) is 2. The van der Waals surface area contributed by atoms with Crippen molar-refractivity contribution < 1.29 is 4.42 Å². The predicted octanol–water partition coefficient (Wildman–Crippen LogP) is 2.21. The highest BCUT2D eigenvalue weighted by Gasteiger charge is 2.08. The first-order chi connectivity index (χ1) is 8.33. The van der Waals surface area contributed by atoms with Crippen LogP contribution in [0.25, 0.3) is 11.0 Å². The van der Waals surface area contributed by atoms with Crippen LogP contribution in [0.4, 0.5) is 5.82 Å². The molecule has 3 rings (SSSR count). The highest BCUT2D eigenvalue weighted by atomic mass is 35.5. The van der Waals surface area contributed by atoms with E-state index in [1.165, 1.54) is 0 Å². The normalized spacial score (nSPS) is 10.9. The van der Waals surface area contributed by atoms with Crippen LogP contribution in [0.15, 0.2) is 29.2 Å². The molecule has 0 aliphatic heterocycles. The van der Waals surface area contributed by atoms with E-state index >= 15 is 0 Å². The van der Waals surface area contributed by atoms with Gasteiger partial charge in [0.1, 0.15) is 5.82 Å². The van der Waals surface area contributed by atoms with Crippen LogP contribution in [0, 0.1) is 0 Å². The molecule has 7 heteroatoms. The van der Waals surface area contributed by atoms with Gasteiger partial charge in [0.05, 0.1) is 24.1 Å². The second-order valence-corrected chi connectivity index (χ2v) is 3.80. The number of hydrogen-bond donors (Lipinski definition) is 2. The van der Waals surface area contributed by atoms with Crippen molar-refractivity contribution in [1.29, 1.82) is 0 Å². The Morgan fingerprint density at radius 1 is 1.41 bits per heavy atom. The van der Waals surface area contributed by atoms with Gasteiger partial charge in [-0.25, -0.2) is 0 Å². The smallest absolute Gasteiger partial charge is 0.226 e. The zero-order chi connectivity index (χ0) is 11.7. The molecule has 0 aromatic carbocycles. The first-order valence-electron chi connectivity index (χ1n) is 4.94. The maximum atomic E-state index is 5.81. The monoisotopic (exact) mass is 249 g/mol. The minimum atomic E-state index is 0.177. The highest BCUT2D eigenvalue weighted by molar-refractivity contribution is 6.28. The van der Waals surface area contributed by atoms with E-state index < -0.39 is 0 Å². The van der Waals surface area contributed by atoms with Crippen LogP contribution in [0.2, 0.25) is 5.28 Å². The molecule has 0 atom stereocenters. The number of nitrogens with zero attached hydrogens (tertiary/aromatic N) is 3. The molecule has 0 bridgehead atoms. The Morgan fingerprint density at radius 2 is 2.35 bits per heavy atom. The van der Waals surface area contributed by atoms with Crippen molar-refractivity contribution in [2.75, 3.05) is 5.32 Å². The molecule has 0 amide bonds. The van der Waals surface area contributed by atoms with Crippen LogP contribution in [0.5, 0.6) is 0 Å². The van der Waals surface area contributed by atoms with E-state index in [1.54, 1.807) is 18.7 Å². The molecule has 0 fully saturated rings. The lowest BCUT2D eigenvalue weighted by molar-refractivity contribution is 0.564. The Hall–Kier alpha value is -2.08. The van der Waals surface area contributed by atoms with Gasteiger partial charge in [-0.3, -0.25) is 5.10 Å². The van der Waals surface area contributed by atoms with Crippen molar-refractivity contribution in [3.05, 3.63) is 35.6 Å². The Labute approximate surface area is 101 Å². The topological polar surface area (TPSA) is 79.6 Å². The van der Waals surface area contributed by atoms with E-state index in [9.17, 15) is 0 Å². The molecule has 6 nitrogen and oxygen atoms in total. The first kappa shape index (κ1) is 10.1. The third-order valence-corrected chi connectivity index (χ3v) is 2.49. The van der Waals surface area contributed by atoms with Gasteiger partial charge in [-0.15, -0.1) is 0 Å². The van der Waals surface area contributed by atoms with Crippen LogP contribution >= 0.6 is 11.6 Å². The summed E-state index contributed by atoms with van der Waals surface area (Å²) >= 11 is 5.81. The van der Waals surface area contributed by atoms with E-state index in [0.29, 0.717) is 18.0 Å². The zero-order valence-corrected chi connectivity index (χ0v) is 9.40. The number of fused-ring (bicyclic) bond motifs is 1. The first-order valence-corrected chi connectivity index (χ1v) is 5.32. The maximum absolute atomic E-state index is 5.81. The van der Waals surface area contributed by atoms with Crippen molar-refractivity contribution in [2.24, 2.45) is 0 Å². The van der Waals surface area contributed by atoms with Gasteiger partial charge in [0.2, 0.25) is 5.28 Å². The Kier molecular flexibility index (Phi) is 2.41. The van der Waals surface area contributed by atoms with Gasteiger partial charge in [0.15, 0.2) is 5.65 Å².